The van der Waals surface area contributed by atoms with Crippen LogP contribution < -0.4 is 5.32 Å². The lowest BCUT2D eigenvalue weighted by Gasteiger charge is -2.35. The smallest absolute Gasteiger partial charge is 0.0770 e. The van der Waals surface area contributed by atoms with Crippen molar-refractivity contribution in [1.82, 2.24) is 4.90 Å². The van der Waals surface area contributed by atoms with Crippen LogP contribution in [0, 0.1) is 6.92 Å². The first-order valence-corrected chi connectivity index (χ1v) is 6.93. The molecule has 0 spiro atoms. The van der Waals surface area contributed by atoms with Crippen LogP contribution in [0.1, 0.15) is 24.8 Å². The standard InChI is InChI=1S/C15H22N2O/c1-12-4-6-13(7-5-12)16-15(11-18)8-10-17-9-2-3-14(15)17/h4-7,14,16,18H,2-3,8-11H2,1H3. The van der Waals surface area contributed by atoms with E-state index < -0.39 is 0 Å². The van der Waals surface area contributed by atoms with Crippen molar-refractivity contribution in [2.24, 2.45) is 0 Å². The summed E-state index contributed by atoms with van der Waals surface area (Å²) in [6.07, 6.45) is 3.52. The topological polar surface area (TPSA) is 35.5 Å². The molecule has 0 radical (unpaired) electrons. The number of hydrogen-bond donors (Lipinski definition) is 2. The maximum atomic E-state index is 9.89. The lowest BCUT2D eigenvalue weighted by Crippen LogP contribution is -2.50. The molecular weight excluding hydrogens is 224 g/mol. The van der Waals surface area contributed by atoms with Gasteiger partial charge in [-0.05, 0) is 44.9 Å². The number of nitrogens with zero attached hydrogens (tertiary/aromatic N) is 1. The normalized spacial score (nSPS) is 31.6. The van der Waals surface area contributed by atoms with E-state index in [2.05, 4.69) is 41.4 Å². The van der Waals surface area contributed by atoms with Crippen molar-refractivity contribution in [2.75, 3.05) is 25.0 Å². The highest BCUT2D eigenvalue weighted by atomic mass is 16.3. The molecule has 2 aliphatic heterocycles. The number of aliphatic hydroxyl groups is 1. The molecule has 98 valence electrons. The van der Waals surface area contributed by atoms with Crippen LogP contribution in [0.3, 0.4) is 0 Å². The molecule has 2 heterocycles. The minimum atomic E-state index is -0.133. The van der Waals surface area contributed by atoms with Gasteiger partial charge in [0, 0.05) is 18.3 Å². The van der Waals surface area contributed by atoms with Crippen molar-refractivity contribution in [2.45, 2.75) is 37.8 Å². The third-order valence-corrected chi connectivity index (χ3v) is 4.57. The maximum absolute atomic E-state index is 9.89. The summed E-state index contributed by atoms with van der Waals surface area (Å²) in [7, 11) is 0. The fourth-order valence-electron chi connectivity index (χ4n) is 3.52. The zero-order chi connectivity index (χ0) is 12.6. The van der Waals surface area contributed by atoms with Crippen LogP contribution in [-0.2, 0) is 0 Å². The number of aliphatic hydroxyl groups excluding tert-OH is 1. The molecule has 2 fully saturated rings. The van der Waals surface area contributed by atoms with Crippen molar-refractivity contribution >= 4 is 5.69 Å². The number of fused-ring (bicyclic) bond motifs is 1. The van der Waals surface area contributed by atoms with E-state index in [0.717, 1.165) is 18.7 Å². The molecule has 0 bridgehead atoms. The summed E-state index contributed by atoms with van der Waals surface area (Å²) in [5.41, 5.74) is 2.27. The molecule has 18 heavy (non-hydrogen) atoms. The van der Waals surface area contributed by atoms with Crippen molar-refractivity contribution in [3.63, 3.8) is 0 Å². The Labute approximate surface area is 109 Å². The molecule has 1 aromatic carbocycles. The third kappa shape index (κ3) is 1.91. The number of hydrogen-bond acceptors (Lipinski definition) is 3. The first-order chi connectivity index (χ1) is 8.73. The molecule has 1 aromatic rings. The van der Waals surface area contributed by atoms with Gasteiger partial charge in [0.2, 0.25) is 0 Å². The molecule has 2 saturated heterocycles. The third-order valence-electron chi connectivity index (χ3n) is 4.57. The van der Waals surface area contributed by atoms with E-state index >= 15 is 0 Å². The van der Waals surface area contributed by atoms with Gasteiger partial charge in [-0.15, -0.1) is 0 Å². The molecule has 3 nitrogen and oxygen atoms in total. The highest BCUT2D eigenvalue weighted by Gasteiger charge is 2.48. The Morgan fingerprint density at radius 3 is 2.83 bits per heavy atom. The first kappa shape index (κ1) is 12.0. The van der Waals surface area contributed by atoms with E-state index in [0.29, 0.717) is 6.04 Å². The lowest BCUT2D eigenvalue weighted by atomic mass is 9.89. The molecule has 2 unspecified atom stereocenters. The van der Waals surface area contributed by atoms with Crippen LogP contribution in [0.15, 0.2) is 24.3 Å². The van der Waals surface area contributed by atoms with Crippen molar-refractivity contribution in [3.05, 3.63) is 29.8 Å². The van der Waals surface area contributed by atoms with Gasteiger partial charge in [-0.3, -0.25) is 4.90 Å². The molecule has 3 heteroatoms. The zero-order valence-corrected chi connectivity index (χ0v) is 11.0. The van der Waals surface area contributed by atoms with Gasteiger partial charge in [0.1, 0.15) is 0 Å². The van der Waals surface area contributed by atoms with E-state index in [1.54, 1.807) is 0 Å². The van der Waals surface area contributed by atoms with Gasteiger partial charge in [0.15, 0.2) is 0 Å². The molecule has 3 rings (SSSR count). The van der Waals surface area contributed by atoms with Crippen LogP contribution in [0.2, 0.25) is 0 Å². The monoisotopic (exact) mass is 246 g/mol. The summed E-state index contributed by atoms with van der Waals surface area (Å²) in [5.74, 6) is 0. The Bertz CT molecular complexity index is 417. The Hall–Kier alpha value is -1.06. The van der Waals surface area contributed by atoms with Crippen molar-refractivity contribution in [3.8, 4) is 0 Å². The van der Waals surface area contributed by atoms with E-state index in [1.165, 1.54) is 24.9 Å². The van der Waals surface area contributed by atoms with Gasteiger partial charge in [0.25, 0.3) is 0 Å². The molecule has 2 atom stereocenters. The van der Waals surface area contributed by atoms with E-state index in [-0.39, 0.29) is 12.1 Å². The Kier molecular flexibility index (Phi) is 3.04. The SMILES string of the molecule is Cc1ccc(NC2(CO)CCN3CCCC32)cc1. The van der Waals surface area contributed by atoms with Crippen LogP contribution in [0.25, 0.3) is 0 Å². The van der Waals surface area contributed by atoms with E-state index in [4.69, 9.17) is 0 Å². The summed E-state index contributed by atoms with van der Waals surface area (Å²) < 4.78 is 0. The molecule has 0 saturated carbocycles. The van der Waals surface area contributed by atoms with Gasteiger partial charge in [0.05, 0.1) is 12.1 Å². The van der Waals surface area contributed by atoms with Crippen LogP contribution in [0.4, 0.5) is 5.69 Å². The largest absolute Gasteiger partial charge is 0.394 e. The average Bonchev–Trinajstić information content (AvgIpc) is 2.96. The minimum Gasteiger partial charge on any atom is -0.394 e. The summed E-state index contributed by atoms with van der Waals surface area (Å²) in [4.78, 5) is 2.53. The summed E-state index contributed by atoms with van der Waals surface area (Å²) in [6, 6.07) is 8.97. The number of anilines is 1. The second kappa shape index (κ2) is 4.56. The van der Waals surface area contributed by atoms with Crippen LogP contribution in [-0.4, -0.2) is 41.3 Å². The Morgan fingerprint density at radius 2 is 2.11 bits per heavy atom. The van der Waals surface area contributed by atoms with Crippen molar-refractivity contribution in [1.29, 1.82) is 0 Å². The highest BCUT2D eigenvalue weighted by Crippen LogP contribution is 2.38. The fraction of sp³-hybridized carbons (Fsp3) is 0.600. The fourth-order valence-corrected chi connectivity index (χ4v) is 3.52. The molecule has 0 aliphatic carbocycles. The molecule has 0 amide bonds. The summed E-state index contributed by atoms with van der Waals surface area (Å²) in [6.45, 7) is 4.63. The molecule has 2 N–H and O–H groups in total. The minimum absolute atomic E-state index is 0.133. The van der Waals surface area contributed by atoms with Gasteiger partial charge in [-0.1, -0.05) is 17.7 Å². The van der Waals surface area contributed by atoms with Gasteiger partial charge < -0.3 is 10.4 Å². The molecular formula is C15H22N2O. The zero-order valence-electron chi connectivity index (χ0n) is 11.0. The Morgan fingerprint density at radius 1 is 1.33 bits per heavy atom. The highest BCUT2D eigenvalue weighted by molar-refractivity contribution is 5.48. The van der Waals surface area contributed by atoms with Crippen LogP contribution >= 0.6 is 0 Å². The maximum Gasteiger partial charge on any atom is 0.0770 e. The number of nitrogens with one attached hydrogen (secondary N) is 1. The summed E-state index contributed by atoms with van der Waals surface area (Å²) >= 11 is 0. The number of benzene rings is 1. The van der Waals surface area contributed by atoms with Gasteiger partial charge in [-0.25, -0.2) is 0 Å². The lowest BCUT2D eigenvalue weighted by molar-refractivity contribution is 0.175. The molecule has 2 aliphatic rings. The molecule has 0 aromatic heterocycles. The predicted octanol–water partition coefficient (Wildman–Crippen LogP) is 2.01. The van der Waals surface area contributed by atoms with Crippen molar-refractivity contribution < 1.29 is 5.11 Å². The average molecular weight is 246 g/mol. The van der Waals surface area contributed by atoms with E-state index in [9.17, 15) is 5.11 Å². The second-order valence-electron chi connectivity index (χ2n) is 5.75. The van der Waals surface area contributed by atoms with Gasteiger partial charge >= 0.3 is 0 Å². The first-order valence-electron chi connectivity index (χ1n) is 6.93. The second-order valence-corrected chi connectivity index (χ2v) is 5.75. The number of aryl methyl sites for hydroxylation is 1. The van der Waals surface area contributed by atoms with Crippen LogP contribution in [0.5, 0.6) is 0 Å². The van der Waals surface area contributed by atoms with Gasteiger partial charge in [-0.2, -0.15) is 0 Å². The summed E-state index contributed by atoms with van der Waals surface area (Å²) in [5, 5.41) is 13.5. The van der Waals surface area contributed by atoms with E-state index in [1.807, 2.05) is 0 Å². The Balaban J connectivity index is 1.82. The quantitative estimate of drug-likeness (QED) is 0.856. The predicted molar refractivity (Wildman–Crippen MR) is 73.8 cm³/mol. The number of rotatable bonds is 3.